The quantitative estimate of drug-likeness (QED) is 0.482. The maximum Gasteiger partial charge on any atom is 0.311 e. The van der Waals surface area contributed by atoms with Gasteiger partial charge in [-0.3, -0.25) is 9.78 Å². The van der Waals surface area contributed by atoms with Crippen LogP contribution in [0.3, 0.4) is 0 Å². The SMILES string of the molecule is CC(=N)CC(=O)OCCCCn1c(C)nc2cnccc21. The van der Waals surface area contributed by atoms with E-state index in [0.29, 0.717) is 12.3 Å². The molecule has 2 heterocycles. The van der Waals surface area contributed by atoms with Gasteiger partial charge in [0.25, 0.3) is 0 Å². The number of hydrogen-bond donors (Lipinski definition) is 1. The van der Waals surface area contributed by atoms with Gasteiger partial charge in [-0.2, -0.15) is 0 Å². The Balaban J connectivity index is 1.79. The van der Waals surface area contributed by atoms with Gasteiger partial charge in [0.05, 0.1) is 24.7 Å². The number of carbonyl (C=O) groups is 1. The Hall–Kier alpha value is -2.24. The highest BCUT2D eigenvalue weighted by atomic mass is 16.5. The fourth-order valence-corrected chi connectivity index (χ4v) is 2.21. The van der Waals surface area contributed by atoms with Crippen molar-refractivity contribution in [2.24, 2.45) is 0 Å². The second-order valence-corrected chi connectivity index (χ2v) is 5.06. The van der Waals surface area contributed by atoms with Gasteiger partial charge in [0.15, 0.2) is 0 Å². The molecular weight excluding hydrogens is 268 g/mol. The monoisotopic (exact) mass is 288 g/mol. The second kappa shape index (κ2) is 6.97. The predicted octanol–water partition coefficient (Wildman–Crippen LogP) is 2.49. The standard InChI is InChI=1S/C15H20N4O2/c1-11(16)9-15(20)21-8-4-3-7-19-12(2)18-13-10-17-6-5-14(13)19/h5-6,10,16H,3-4,7-9H2,1-2H3. The highest BCUT2D eigenvalue weighted by molar-refractivity contribution is 5.95. The largest absolute Gasteiger partial charge is 0.465 e. The minimum atomic E-state index is -0.321. The van der Waals surface area contributed by atoms with Gasteiger partial charge >= 0.3 is 5.97 Å². The van der Waals surface area contributed by atoms with Gasteiger partial charge in [-0.1, -0.05) is 0 Å². The molecule has 6 heteroatoms. The zero-order valence-electron chi connectivity index (χ0n) is 12.4. The molecule has 0 aliphatic rings. The molecule has 2 aromatic rings. The van der Waals surface area contributed by atoms with E-state index in [4.69, 9.17) is 10.1 Å². The van der Waals surface area contributed by atoms with Crippen LogP contribution in [-0.4, -0.2) is 32.8 Å². The van der Waals surface area contributed by atoms with Crippen LogP contribution in [-0.2, 0) is 16.1 Å². The summed E-state index contributed by atoms with van der Waals surface area (Å²) in [5, 5.41) is 7.22. The van der Waals surface area contributed by atoms with Crippen LogP contribution in [0.25, 0.3) is 11.0 Å². The summed E-state index contributed by atoms with van der Waals surface area (Å²) in [5.74, 6) is 0.646. The van der Waals surface area contributed by atoms with Crippen LogP contribution in [0.2, 0.25) is 0 Å². The van der Waals surface area contributed by atoms with Crippen LogP contribution < -0.4 is 0 Å². The normalized spacial score (nSPS) is 10.8. The number of ether oxygens (including phenoxy) is 1. The van der Waals surface area contributed by atoms with Crippen molar-refractivity contribution in [3.8, 4) is 0 Å². The van der Waals surface area contributed by atoms with Gasteiger partial charge in [-0.05, 0) is 32.8 Å². The van der Waals surface area contributed by atoms with Crippen molar-refractivity contribution in [1.82, 2.24) is 14.5 Å². The summed E-state index contributed by atoms with van der Waals surface area (Å²) in [6.45, 7) is 4.82. The molecule has 112 valence electrons. The van der Waals surface area contributed by atoms with E-state index < -0.39 is 0 Å². The molecule has 21 heavy (non-hydrogen) atoms. The Bertz CT molecular complexity index is 648. The number of hydrogen-bond acceptors (Lipinski definition) is 5. The third kappa shape index (κ3) is 4.11. The first-order valence-electron chi connectivity index (χ1n) is 7.04. The van der Waals surface area contributed by atoms with Crippen LogP contribution in [0, 0.1) is 12.3 Å². The van der Waals surface area contributed by atoms with Crippen molar-refractivity contribution >= 4 is 22.7 Å². The highest BCUT2D eigenvalue weighted by Gasteiger charge is 2.07. The lowest BCUT2D eigenvalue weighted by Gasteiger charge is -2.07. The lowest BCUT2D eigenvalue weighted by molar-refractivity contribution is -0.142. The van der Waals surface area contributed by atoms with Crippen molar-refractivity contribution in [2.75, 3.05) is 6.61 Å². The molecule has 1 N–H and O–H groups in total. The average molecular weight is 288 g/mol. The highest BCUT2D eigenvalue weighted by Crippen LogP contribution is 2.15. The van der Waals surface area contributed by atoms with E-state index in [1.54, 1.807) is 19.3 Å². The van der Waals surface area contributed by atoms with Gasteiger partial charge in [-0.15, -0.1) is 0 Å². The molecule has 0 unspecified atom stereocenters. The van der Waals surface area contributed by atoms with Crippen LogP contribution in [0.5, 0.6) is 0 Å². The van der Waals surface area contributed by atoms with Crippen LogP contribution in [0.1, 0.15) is 32.0 Å². The number of rotatable bonds is 7. The Morgan fingerprint density at radius 2 is 2.24 bits per heavy atom. The Kier molecular flexibility index (Phi) is 5.03. The van der Waals surface area contributed by atoms with Crippen LogP contribution in [0.4, 0.5) is 0 Å². The molecule has 0 spiro atoms. The molecule has 6 nitrogen and oxygen atoms in total. The van der Waals surface area contributed by atoms with Gasteiger partial charge in [0.2, 0.25) is 0 Å². The first-order valence-corrected chi connectivity index (χ1v) is 7.04. The van der Waals surface area contributed by atoms with Gasteiger partial charge in [0, 0.05) is 18.5 Å². The minimum Gasteiger partial charge on any atom is -0.465 e. The maximum absolute atomic E-state index is 11.3. The molecule has 0 aliphatic carbocycles. The summed E-state index contributed by atoms with van der Waals surface area (Å²) >= 11 is 0. The number of fused-ring (bicyclic) bond motifs is 1. The van der Waals surface area contributed by atoms with Crippen LogP contribution >= 0.6 is 0 Å². The number of nitrogens with one attached hydrogen (secondary N) is 1. The number of aromatic nitrogens is 3. The molecule has 0 aromatic carbocycles. The number of imidazole rings is 1. The Labute approximate surface area is 123 Å². The van der Waals surface area contributed by atoms with Crippen LogP contribution in [0.15, 0.2) is 18.5 Å². The van der Waals surface area contributed by atoms with Crippen molar-refractivity contribution in [1.29, 1.82) is 5.41 Å². The van der Waals surface area contributed by atoms with E-state index in [2.05, 4.69) is 14.5 Å². The number of carbonyl (C=O) groups excluding carboxylic acids is 1. The summed E-state index contributed by atoms with van der Waals surface area (Å²) in [6, 6.07) is 1.96. The van der Waals surface area contributed by atoms with E-state index in [1.807, 2.05) is 13.0 Å². The second-order valence-electron chi connectivity index (χ2n) is 5.06. The molecule has 0 aliphatic heterocycles. The molecule has 0 atom stereocenters. The number of pyridine rings is 1. The summed E-state index contributed by atoms with van der Waals surface area (Å²) in [4.78, 5) is 19.8. The fourth-order valence-electron chi connectivity index (χ4n) is 2.21. The maximum atomic E-state index is 11.3. The lowest BCUT2D eigenvalue weighted by atomic mass is 10.3. The van der Waals surface area contributed by atoms with E-state index in [0.717, 1.165) is 36.2 Å². The van der Waals surface area contributed by atoms with E-state index in [-0.39, 0.29) is 12.4 Å². The molecule has 0 bridgehead atoms. The Morgan fingerprint density at radius 1 is 1.43 bits per heavy atom. The Morgan fingerprint density at radius 3 is 3.00 bits per heavy atom. The lowest BCUT2D eigenvalue weighted by Crippen LogP contribution is -2.10. The van der Waals surface area contributed by atoms with E-state index in [1.165, 1.54) is 0 Å². The number of esters is 1. The van der Waals surface area contributed by atoms with Crippen molar-refractivity contribution < 1.29 is 9.53 Å². The summed E-state index contributed by atoms with van der Waals surface area (Å²) in [6.07, 6.45) is 5.32. The molecular formula is C15H20N4O2. The minimum absolute atomic E-state index is 0.0816. The number of unbranched alkanes of at least 4 members (excludes halogenated alkanes) is 1. The van der Waals surface area contributed by atoms with E-state index in [9.17, 15) is 4.79 Å². The van der Waals surface area contributed by atoms with Gasteiger partial charge < -0.3 is 14.7 Å². The molecule has 0 fully saturated rings. The van der Waals surface area contributed by atoms with Gasteiger partial charge in [-0.25, -0.2) is 4.98 Å². The molecule has 2 aromatic heterocycles. The zero-order valence-corrected chi connectivity index (χ0v) is 12.4. The summed E-state index contributed by atoms with van der Waals surface area (Å²) in [5.41, 5.74) is 2.32. The fraction of sp³-hybridized carbons (Fsp3) is 0.467. The first kappa shape index (κ1) is 15.2. The van der Waals surface area contributed by atoms with Crippen molar-refractivity contribution in [3.63, 3.8) is 0 Å². The zero-order chi connectivity index (χ0) is 15.2. The predicted molar refractivity (Wildman–Crippen MR) is 80.5 cm³/mol. The summed E-state index contributed by atoms with van der Waals surface area (Å²) < 4.78 is 7.23. The van der Waals surface area contributed by atoms with Crippen molar-refractivity contribution in [2.45, 2.75) is 39.7 Å². The van der Waals surface area contributed by atoms with Crippen molar-refractivity contribution in [3.05, 3.63) is 24.3 Å². The van der Waals surface area contributed by atoms with E-state index >= 15 is 0 Å². The number of nitrogens with zero attached hydrogens (tertiary/aromatic N) is 3. The molecule has 2 rings (SSSR count). The van der Waals surface area contributed by atoms with Gasteiger partial charge in [0.1, 0.15) is 11.3 Å². The molecule has 0 radical (unpaired) electrons. The average Bonchev–Trinajstić information content (AvgIpc) is 2.74. The topological polar surface area (TPSA) is 80.9 Å². The number of aryl methyl sites for hydroxylation is 2. The molecule has 0 amide bonds. The first-order chi connectivity index (χ1) is 10.1. The smallest absolute Gasteiger partial charge is 0.311 e. The molecule has 0 saturated heterocycles. The summed E-state index contributed by atoms with van der Waals surface area (Å²) in [7, 11) is 0. The third-order valence-electron chi connectivity index (χ3n) is 3.19. The molecule has 0 saturated carbocycles. The third-order valence-corrected chi connectivity index (χ3v) is 3.19.